The van der Waals surface area contributed by atoms with Gasteiger partial charge in [-0.25, -0.2) is 4.79 Å². The number of carbonyl (C=O) groups is 2. The Labute approximate surface area is 109 Å². The van der Waals surface area contributed by atoms with E-state index in [9.17, 15) is 9.59 Å². The Bertz CT molecular complexity index is 310. The van der Waals surface area contributed by atoms with E-state index in [1.165, 1.54) is 0 Å². The van der Waals surface area contributed by atoms with Gasteiger partial charge in [0.2, 0.25) is 0 Å². The summed E-state index contributed by atoms with van der Waals surface area (Å²) in [6, 6.07) is -0.350. The maximum atomic E-state index is 12.1. The number of ether oxygens (including phenoxy) is 1. The third-order valence-electron chi connectivity index (χ3n) is 2.89. The molecule has 0 saturated carbocycles. The summed E-state index contributed by atoms with van der Waals surface area (Å²) in [4.78, 5) is 25.6. The third-order valence-corrected chi connectivity index (χ3v) is 2.89. The minimum absolute atomic E-state index is 0.0445. The lowest BCUT2D eigenvalue weighted by atomic mass is 9.97. The van der Waals surface area contributed by atoms with Crippen LogP contribution in [0, 0.1) is 0 Å². The molecule has 0 aliphatic carbocycles. The molecule has 0 aromatic carbocycles. The van der Waals surface area contributed by atoms with E-state index in [-0.39, 0.29) is 11.8 Å². The summed E-state index contributed by atoms with van der Waals surface area (Å²) in [5.74, 6) is 0.0445. The minimum Gasteiger partial charge on any atom is -0.444 e. The average molecular weight is 256 g/mol. The molecule has 1 heterocycles. The molecule has 0 spiro atoms. The maximum absolute atomic E-state index is 12.1. The highest BCUT2D eigenvalue weighted by Gasteiger charge is 2.33. The fraction of sp³-hybridized carbons (Fsp3) is 0.846. The lowest BCUT2D eigenvalue weighted by Crippen LogP contribution is -2.50. The summed E-state index contributed by atoms with van der Waals surface area (Å²) >= 11 is 0. The molecule has 0 aromatic rings. The van der Waals surface area contributed by atoms with Crippen LogP contribution in [0.15, 0.2) is 0 Å². The quantitative estimate of drug-likeness (QED) is 0.834. The van der Waals surface area contributed by atoms with E-state index in [0.717, 1.165) is 19.3 Å². The van der Waals surface area contributed by atoms with Gasteiger partial charge in [-0.3, -0.25) is 9.69 Å². The van der Waals surface area contributed by atoms with Crippen molar-refractivity contribution in [2.45, 2.75) is 58.1 Å². The fourth-order valence-corrected chi connectivity index (χ4v) is 2.11. The van der Waals surface area contributed by atoms with Crippen molar-refractivity contribution in [1.82, 2.24) is 4.90 Å². The van der Waals surface area contributed by atoms with Crippen LogP contribution in [0.5, 0.6) is 0 Å². The second kappa shape index (κ2) is 6.18. The number of amides is 1. The molecule has 1 fully saturated rings. The first-order valence-corrected chi connectivity index (χ1v) is 6.57. The second-order valence-corrected chi connectivity index (χ2v) is 5.69. The number of hydrogen-bond donors (Lipinski definition) is 1. The zero-order valence-electron chi connectivity index (χ0n) is 11.6. The summed E-state index contributed by atoms with van der Waals surface area (Å²) in [7, 11) is 0. The van der Waals surface area contributed by atoms with Crippen molar-refractivity contribution in [3.05, 3.63) is 0 Å². The van der Waals surface area contributed by atoms with E-state index in [1.54, 1.807) is 4.90 Å². The number of nitrogens with two attached hydrogens (primary N) is 1. The van der Waals surface area contributed by atoms with Crippen LogP contribution in [0.3, 0.4) is 0 Å². The lowest BCUT2D eigenvalue weighted by Gasteiger charge is -2.35. The number of rotatable bonds is 3. The van der Waals surface area contributed by atoms with Crippen LogP contribution in [0.4, 0.5) is 4.79 Å². The summed E-state index contributed by atoms with van der Waals surface area (Å²) in [6.45, 7) is 6.40. The fourth-order valence-electron chi connectivity index (χ4n) is 2.11. The Kier molecular flexibility index (Phi) is 5.14. The summed E-state index contributed by atoms with van der Waals surface area (Å²) in [5.41, 5.74) is 4.87. The van der Waals surface area contributed by atoms with Crippen molar-refractivity contribution in [3.63, 3.8) is 0 Å². The first kappa shape index (κ1) is 15.0. The highest BCUT2D eigenvalue weighted by molar-refractivity contribution is 5.87. The minimum atomic E-state index is -0.532. The van der Waals surface area contributed by atoms with E-state index in [0.29, 0.717) is 19.5 Å². The van der Waals surface area contributed by atoms with Crippen molar-refractivity contribution in [1.29, 1.82) is 0 Å². The van der Waals surface area contributed by atoms with Gasteiger partial charge < -0.3 is 10.5 Å². The zero-order chi connectivity index (χ0) is 13.8. The highest BCUT2D eigenvalue weighted by atomic mass is 16.6. The average Bonchev–Trinajstić information content (AvgIpc) is 2.27. The molecule has 1 amide bonds. The van der Waals surface area contributed by atoms with Gasteiger partial charge in [0.15, 0.2) is 5.78 Å². The van der Waals surface area contributed by atoms with Crippen LogP contribution in [0.1, 0.15) is 46.5 Å². The number of Topliss-reactive ketones (excluding diaryl/α,β-unsaturated/α-hetero) is 1. The molecular weight excluding hydrogens is 232 g/mol. The molecular formula is C13H24N2O3. The van der Waals surface area contributed by atoms with Gasteiger partial charge in [0, 0.05) is 13.0 Å². The van der Waals surface area contributed by atoms with Crippen LogP contribution in [-0.4, -0.2) is 41.5 Å². The molecule has 0 radical (unpaired) electrons. The smallest absolute Gasteiger partial charge is 0.410 e. The molecule has 0 bridgehead atoms. The van der Waals surface area contributed by atoms with Crippen molar-refractivity contribution < 1.29 is 14.3 Å². The van der Waals surface area contributed by atoms with Crippen LogP contribution in [-0.2, 0) is 9.53 Å². The molecule has 1 unspecified atom stereocenters. The molecule has 1 atom stereocenters. The number of ketones is 1. The SMILES string of the molecule is CC(C)(C)OC(=O)N1CCCCC1C(=O)CCN. The number of likely N-dealkylation sites (tertiary alicyclic amines) is 1. The summed E-state index contributed by atoms with van der Waals surface area (Å²) in [5, 5.41) is 0. The van der Waals surface area contributed by atoms with Gasteiger partial charge in [-0.2, -0.15) is 0 Å². The molecule has 1 aliphatic heterocycles. The number of piperidine rings is 1. The van der Waals surface area contributed by atoms with E-state index >= 15 is 0 Å². The van der Waals surface area contributed by atoms with Gasteiger partial charge in [-0.05, 0) is 46.6 Å². The third kappa shape index (κ3) is 4.29. The molecule has 104 valence electrons. The Morgan fingerprint density at radius 3 is 2.56 bits per heavy atom. The van der Waals surface area contributed by atoms with E-state index < -0.39 is 11.7 Å². The van der Waals surface area contributed by atoms with E-state index in [2.05, 4.69) is 0 Å². The Balaban J connectivity index is 2.70. The van der Waals surface area contributed by atoms with Crippen LogP contribution >= 0.6 is 0 Å². The zero-order valence-corrected chi connectivity index (χ0v) is 11.6. The lowest BCUT2D eigenvalue weighted by molar-refractivity contribution is -0.125. The van der Waals surface area contributed by atoms with Crippen molar-refractivity contribution in [3.8, 4) is 0 Å². The molecule has 1 rings (SSSR count). The van der Waals surface area contributed by atoms with Gasteiger partial charge in [0.05, 0.1) is 6.04 Å². The molecule has 1 aliphatic rings. The topological polar surface area (TPSA) is 72.6 Å². The monoisotopic (exact) mass is 256 g/mol. The Morgan fingerprint density at radius 1 is 1.33 bits per heavy atom. The van der Waals surface area contributed by atoms with Gasteiger partial charge in [0.25, 0.3) is 0 Å². The molecule has 0 aromatic heterocycles. The number of hydrogen-bond acceptors (Lipinski definition) is 4. The van der Waals surface area contributed by atoms with E-state index in [4.69, 9.17) is 10.5 Å². The molecule has 2 N–H and O–H groups in total. The highest BCUT2D eigenvalue weighted by Crippen LogP contribution is 2.21. The first-order chi connectivity index (χ1) is 8.35. The van der Waals surface area contributed by atoms with Crippen molar-refractivity contribution in [2.75, 3.05) is 13.1 Å². The molecule has 5 heteroatoms. The van der Waals surface area contributed by atoms with Crippen molar-refractivity contribution in [2.24, 2.45) is 5.73 Å². The Hall–Kier alpha value is -1.10. The van der Waals surface area contributed by atoms with Gasteiger partial charge in [0.1, 0.15) is 5.60 Å². The molecule has 5 nitrogen and oxygen atoms in total. The van der Waals surface area contributed by atoms with Crippen LogP contribution < -0.4 is 5.73 Å². The van der Waals surface area contributed by atoms with Crippen LogP contribution in [0.2, 0.25) is 0 Å². The predicted molar refractivity (Wildman–Crippen MR) is 69.3 cm³/mol. The van der Waals surface area contributed by atoms with Crippen LogP contribution in [0.25, 0.3) is 0 Å². The van der Waals surface area contributed by atoms with Gasteiger partial charge >= 0.3 is 6.09 Å². The molecule has 1 saturated heterocycles. The van der Waals surface area contributed by atoms with Gasteiger partial charge in [-0.15, -0.1) is 0 Å². The summed E-state index contributed by atoms with van der Waals surface area (Å²) in [6.07, 6.45) is 2.55. The maximum Gasteiger partial charge on any atom is 0.410 e. The van der Waals surface area contributed by atoms with Gasteiger partial charge in [-0.1, -0.05) is 0 Å². The van der Waals surface area contributed by atoms with E-state index in [1.807, 2.05) is 20.8 Å². The first-order valence-electron chi connectivity index (χ1n) is 6.57. The predicted octanol–water partition coefficient (Wildman–Crippen LogP) is 1.69. The summed E-state index contributed by atoms with van der Waals surface area (Å²) < 4.78 is 5.34. The Morgan fingerprint density at radius 2 is 2.00 bits per heavy atom. The standard InChI is InChI=1S/C13H24N2O3/c1-13(2,3)18-12(17)15-9-5-4-6-10(15)11(16)7-8-14/h10H,4-9,14H2,1-3H3. The largest absolute Gasteiger partial charge is 0.444 e. The number of nitrogens with zero attached hydrogens (tertiary/aromatic N) is 1. The van der Waals surface area contributed by atoms with Crippen molar-refractivity contribution >= 4 is 11.9 Å². The normalized spacial score (nSPS) is 20.7. The second-order valence-electron chi connectivity index (χ2n) is 5.69. The molecule has 18 heavy (non-hydrogen) atoms. The number of carbonyl (C=O) groups excluding carboxylic acids is 2.